The average Bonchev–Trinajstić information content (AvgIpc) is 2.84. The first kappa shape index (κ1) is 26.5. The van der Waals surface area contributed by atoms with E-state index in [9.17, 15) is 32.3 Å². The third-order valence-electron chi connectivity index (χ3n) is 7.09. The quantitative estimate of drug-likeness (QED) is 0.364. The van der Waals surface area contributed by atoms with Gasteiger partial charge in [-0.05, 0) is 60.0 Å². The number of carbonyl (C=O) groups is 2. The van der Waals surface area contributed by atoms with Gasteiger partial charge in [0.05, 0.1) is 16.7 Å². The number of hydrogen-bond acceptors (Lipinski definition) is 3. The second-order valence-corrected chi connectivity index (χ2v) is 9.49. The maximum Gasteiger partial charge on any atom is 0.398 e. The van der Waals surface area contributed by atoms with Crippen LogP contribution in [0.15, 0.2) is 54.6 Å². The van der Waals surface area contributed by atoms with Crippen molar-refractivity contribution in [1.82, 2.24) is 0 Å². The van der Waals surface area contributed by atoms with Crippen LogP contribution in [-0.2, 0) is 10.2 Å². The number of rotatable bonds is 5. The summed E-state index contributed by atoms with van der Waals surface area (Å²) in [5.74, 6) is -3.23. The van der Waals surface area contributed by atoms with Crippen molar-refractivity contribution in [2.24, 2.45) is 0 Å². The average molecular weight is 536 g/mol. The number of amides is 1. The molecule has 0 unspecified atom stereocenters. The fourth-order valence-electron chi connectivity index (χ4n) is 4.49. The Bertz CT molecular complexity index is 1410. The molecule has 0 aromatic heterocycles. The lowest BCUT2D eigenvalue weighted by Gasteiger charge is -2.39. The highest BCUT2D eigenvalue weighted by Crippen LogP contribution is 2.53. The van der Waals surface area contributed by atoms with Crippen molar-refractivity contribution >= 4 is 29.2 Å². The molecule has 0 radical (unpaired) electrons. The molecule has 0 saturated heterocycles. The van der Waals surface area contributed by atoms with Gasteiger partial charge in [0.15, 0.2) is 6.61 Å². The molecule has 3 aromatic rings. The third kappa shape index (κ3) is 4.52. The monoisotopic (exact) mass is 535 g/mol. The number of aromatic carboxylic acids is 1. The summed E-state index contributed by atoms with van der Waals surface area (Å²) in [6.07, 6.45) is -4.72. The van der Waals surface area contributed by atoms with Gasteiger partial charge in [-0.2, -0.15) is 13.2 Å². The summed E-state index contributed by atoms with van der Waals surface area (Å²) in [7, 11) is 1.47. The zero-order valence-corrected chi connectivity index (χ0v) is 20.7. The highest BCUT2D eigenvalue weighted by atomic mass is 35.5. The number of alkyl halides is 3. The maximum absolute atomic E-state index is 14.7. The molecule has 10 heteroatoms. The summed E-state index contributed by atoms with van der Waals surface area (Å²) in [6.45, 7) is 2.25. The Labute approximate surface area is 215 Å². The van der Waals surface area contributed by atoms with Crippen LogP contribution < -0.4 is 9.64 Å². The fourth-order valence-corrected chi connectivity index (χ4v) is 4.83. The molecule has 1 aliphatic heterocycles. The number of carbonyl (C=O) groups excluding carboxylic acids is 1. The molecule has 5 nitrogen and oxygen atoms in total. The van der Waals surface area contributed by atoms with E-state index in [0.717, 1.165) is 25.1 Å². The standard InChI is InChI=1S/C27H22ClF4NO4/c1-14(18-7-4-15(11-20(18)28)19-10-16(25(35)36)5-8-21(19)29)26(2,27(30,31)32)17-6-9-23-22(12-17)33(3)24(34)13-37-23/h4-12,14H,13H2,1-3H3,(H,35,36)/t14-,26+/m0/s1. The van der Waals surface area contributed by atoms with E-state index in [0.29, 0.717) is 5.75 Å². The van der Waals surface area contributed by atoms with Crippen molar-refractivity contribution in [3.8, 4) is 16.9 Å². The lowest BCUT2D eigenvalue weighted by Crippen LogP contribution is -2.44. The van der Waals surface area contributed by atoms with E-state index in [1.54, 1.807) is 0 Å². The van der Waals surface area contributed by atoms with Crippen molar-refractivity contribution in [3.05, 3.63) is 82.1 Å². The third-order valence-corrected chi connectivity index (χ3v) is 7.42. The fraction of sp³-hybridized carbons (Fsp3) is 0.259. The molecule has 1 heterocycles. The minimum absolute atomic E-state index is 0.0332. The van der Waals surface area contributed by atoms with E-state index >= 15 is 0 Å². The van der Waals surface area contributed by atoms with E-state index in [1.807, 2.05) is 0 Å². The lowest BCUT2D eigenvalue weighted by molar-refractivity contribution is -0.191. The molecule has 0 aliphatic carbocycles. The van der Waals surface area contributed by atoms with E-state index in [4.69, 9.17) is 16.3 Å². The zero-order valence-electron chi connectivity index (χ0n) is 20.0. The van der Waals surface area contributed by atoms with Gasteiger partial charge in [-0.3, -0.25) is 4.79 Å². The Hall–Kier alpha value is -3.59. The summed E-state index contributed by atoms with van der Waals surface area (Å²) < 4.78 is 64.0. The van der Waals surface area contributed by atoms with Crippen LogP contribution in [-0.4, -0.2) is 36.8 Å². The van der Waals surface area contributed by atoms with Gasteiger partial charge in [0, 0.05) is 23.6 Å². The molecular weight excluding hydrogens is 514 g/mol. The number of anilines is 1. The first-order chi connectivity index (χ1) is 17.3. The van der Waals surface area contributed by atoms with Crippen LogP contribution in [0.3, 0.4) is 0 Å². The Morgan fingerprint density at radius 3 is 2.43 bits per heavy atom. The van der Waals surface area contributed by atoms with Crippen molar-refractivity contribution in [2.45, 2.75) is 31.4 Å². The van der Waals surface area contributed by atoms with Gasteiger partial charge in [0.1, 0.15) is 11.6 Å². The molecule has 3 aromatic carbocycles. The normalized spacial score (nSPS) is 16.0. The van der Waals surface area contributed by atoms with E-state index in [-0.39, 0.29) is 51.0 Å². The van der Waals surface area contributed by atoms with Crippen molar-refractivity contribution in [2.75, 3.05) is 18.6 Å². The number of likely N-dealkylation sites (N-methyl/N-ethyl adjacent to an activating group) is 1. The Morgan fingerprint density at radius 1 is 1.11 bits per heavy atom. The van der Waals surface area contributed by atoms with Gasteiger partial charge in [-0.1, -0.05) is 36.7 Å². The number of carboxylic acid groups (broad SMARTS) is 1. The predicted octanol–water partition coefficient (Wildman–Crippen LogP) is 6.82. The molecule has 4 rings (SSSR count). The molecule has 1 aliphatic rings. The smallest absolute Gasteiger partial charge is 0.398 e. The zero-order chi connectivity index (χ0) is 27.3. The number of benzene rings is 3. The van der Waals surface area contributed by atoms with Crippen LogP contribution in [0.1, 0.15) is 41.3 Å². The van der Waals surface area contributed by atoms with Crippen LogP contribution in [0.2, 0.25) is 5.02 Å². The Kier molecular flexibility index (Phi) is 6.71. The lowest BCUT2D eigenvalue weighted by atomic mass is 9.69. The van der Waals surface area contributed by atoms with Crippen LogP contribution >= 0.6 is 11.6 Å². The molecule has 1 amide bonds. The number of hydrogen-bond donors (Lipinski definition) is 1. The van der Waals surface area contributed by atoms with Crippen LogP contribution in [0, 0.1) is 5.82 Å². The first-order valence-corrected chi connectivity index (χ1v) is 11.6. The second kappa shape index (κ2) is 9.37. The Balaban J connectivity index is 1.79. The van der Waals surface area contributed by atoms with Crippen LogP contribution in [0.25, 0.3) is 11.1 Å². The number of carboxylic acids is 1. The molecule has 37 heavy (non-hydrogen) atoms. The van der Waals surface area contributed by atoms with Crippen LogP contribution in [0.5, 0.6) is 5.75 Å². The van der Waals surface area contributed by atoms with Gasteiger partial charge >= 0.3 is 12.1 Å². The minimum atomic E-state index is -4.72. The molecule has 0 bridgehead atoms. The predicted molar refractivity (Wildman–Crippen MR) is 131 cm³/mol. The molecule has 0 fully saturated rings. The van der Waals surface area contributed by atoms with Crippen molar-refractivity contribution in [3.63, 3.8) is 0 Å². The molecule has 2 atom stereocenters. The van der Waals surface area contributed by atoms with Gasteiger partial charge < -0.3 is 14.7 Å². The first-order valence-electron chi connectivity index (χ1n) is 11.2. The summed E-state index contributed by atoms with van der Waals surface area (Å²) >= 11 is 6.45. The molecule has 0 spiro atoms. The van der Waals surface area contributed by atoms with Crippen LogP contribution in [0.4, 0.5) is 23.2 Å². The SMILES string of the molecule is C[C@@H](c1ccc(-c2cc(C(=O)O)ccc2F)cc1Cl)[C@](C)(c1ccc2c(c1)N(C)C(=O)CO2)C(F)(F)F. The minimum Gasteiger partial charge on any atom is -0.482 e. The van der Waals surface area contributed by atoms with Crippen molar-refractivity contribution in [1.29, 1.82) is 0 Å². The second-order valence-electron chi connectivity index (χ2n) is 9.08. The van der Waals surface area contributed by atoms with Gasteiger partial charge in [0.2, 0.25) is 0 Å². The largest absolute Gasteiger partial charge is 0.482 e. The van der Waals surface area contributed by atoms with Gasteiger partial charge in [-0.15, -0.1) is 0 Å². The topological polar surface area (TPSA) is 66.8 Å². The highest BCUT2D eigenvalue weighted by molar-refractivity contribution is 6.31. The molecule has 194 valence electrons. The summed E-state index contributed by atoms with van der Waals surface area (Å²) in [6, 6.07) is 11.4. The van der Waals surface area contributed by atoms with Gasteiger partial charge in [0.25, 0.3) is 5.91 Å². The van der Waals surface area contributed by atoms with Gasteiger partial charge in [-0.25, -0.2) is 9.18 Å². The van der Waals surface area contributed by atoms with E-state index in [1.165, 1.54) is 55.3 Å². The number of halogens is 5. The maximum atomic E-state index is 14.7. The van der Waals surface area contributed by atoms with E-state index in [2.05, 4.69) is 0 Å². The summed E-state index contributed by atoms with van der Waals surface area (Å²) in [4.78, 5) is 24.6. The summed E-state index contributed by atoms with van der Waals surface area (Å²) in [5, 5.41) is 9.18. The molecular formula is C27H22ClF4NO4. The molecule has 1 N–H and O–H groups in total. The number of nitrogens with zero attached hydrogens (tertiary/aromatic N) is 1. The summed E-state index contributed by atoms with van der Waals surface area (Å²) in [5.41, 5.74) is -2.08. The highest BCUT2D eigenvalue weighted by Gasteiger charge is 2.56. The molecule has 0 saturated carbocycles. The Morgan fingerprint density at radius 2 is 1.81 bits per heavy atom. The van der Waals surface area contributed by atoms with Crippen molar-refractivity contribution < 1.29 is 37.0 Å². The number of ether oxygens (including phenoxy) is 1. The number of fused-ring (bicyclic) bond motifs is 1. The van der Waals surface area contributed by atoms with E-state index < -0.39 is 29.3 Å².